The Morgan fingerprint density at radius 2 is 2.14 bits per heavy atom. The first kappa shape index (κ1) is 13.9. The molecule has 2 aromatic rings. The summed E-state index contributed by atoms with van der Waals surface area (Å²) in [5.41, 5.74) is 2.58. The maximum atomic E-state index is 12.2. The topological polar surface area (TPSA) is 36.1 Å². The fraction of sp³-hybridized carbons (Fsp3) is 0.526. The van der Waals surface area contributed by atoms with Crippen LogP contribution in [-0.4, -0.2) is 28.4 Å². The van der Waals surface area contributed by atoms with Crippen molar-refractivity contribution in [3.63, 3.8) is 0 Å². The van der Waals surface area contributed by atoms with Gasteiger partial charge in [0.1, 0.15) is 0 Å². The fourth-order valence-electron chi connectivity index (χ4n) is 4.57. The summed E-state index contributed by atoms with van der Waals surface area (Å²) < 4.78 is 0. The number of para-hydroxylation sites is 1. The Balaban J connectivity index is 1.40. The number of amides is 1. The summed E-state index contributed by atoms with van der Waals surface area (Å²) in [4.78, 5) is 17.7. The van der Waals surface area contributed by atoms with E-state index >= 15 is 0 Å². The molecule has 3 atom stereocenters. The predicted octanol–water partition coefficient (Wildman–Crippen LogP) is 3.75. The van der Waals surface area contributed by atoms with Gasteiger partial charge < -0.3 is 9.88 Å². The molecular weight excluding hydrogens is 272 g/mol. The lowest BCUT2D eigenvalue weighted by Gasteiger charge is -2.24. The number of carbonyl (C=O) groups is 1. The molecule has 1 saturated carbocycles. The molecule has 0 radical (unpaired) electrons. The van der Waals surface area contributed by atoms with E-state index in [4.69, 9.17) is 0 Å². The van der Waals surface area contributed by atoms with E-state index in [2.05, 4.69) is 47.3 Å². The van der Waals surface area contributed by atoms with Crippen molar-refractivity contribution in [2.75, 3.05) is 6.54 Å². The summed E-state index contributed by atoms with van der Waals surface area (Å²) in [7, 11) is 0. The number of rotatable bonds is 4. The van der Waals surface area contributed by atoms with Crippen molar-refractivity contribution < 1.29 is 4.79 Å². The number of aromatic amines is 1. The summed E-state index contributed by atoms with van der Waals surface area (Å²) in [5, 5.41) is 1.32. The van der Waals surface area contributed by atoms with Crippen LogP contribution < -0.4 is 0 Å². The largest absolute Gasteiger partial charge is 0.361 e. The third-order valence-corrected chi connectivity index (χ3v) is 5.57. The van der Waals surface area contributed by atoms with E-state index in [9.17, 15) is 4.79 Å². The van der Waals surface area contributed by atoms with Crippen molar-refractivity contribution in [2.24, 2.45) is 11.8 Å². The van der Waals surface area contributed by atoms with E-state index in [1.165, 1.54) is 29.3 Å². The van der Waals surface area contributed by atoms with Crippen LogP contribution in [0.4, 0.5) is 0 Å². The molecule has 0 spiro atoms. The molecule has 3 nitrogen and oxygen atoms in total. The third-order valence-electron chi connectivity index (χ3n) is 5.57. The number of nitrogens with zero attached hydrogens (tertiary/aromatic N) is 1. The smallest absolute Gasteiger partial charge is 0.223 e. The van der Waals surface area contributed by atoms with Crippen molar-refractivity contribution in [2.45, 2.75) is 45.1 Å². The van der Waals surface area contributed by atoms with Gasteiger partial charge in [0.15, 0.2) is 0 Å². The van der Waals surface area contributed by atoms with E-state index in [1.807, 2.05) is 0 Å². The molecule has 4 rings (SSSR count). The molecule has 0 bridgehead atoms. The number of H-pyrrole nitrogens is 1. The number of aromatic nitrogens is 1. The van der Waals surface area contributed by atoms with Crippen LogP contribution in [0.5, 0.6) is 0 Å². The molecule has 1 aromatic heterocycles. The van der Waals surface area contributed by atoms with Crippen molar-refractivity contribution in [3.8, 4) is 0 Å². The Bertz CT molecular complexity index is 690. The minimum Gasteiger partial charge on any atom is -0.361 e. The number of nitrogens with one attached hydrogen (secondary N) is 1. The zero-order valence-corrected chi connectivity index (χ0v) is 13.2. The van der Waals surface area contributed by atoms with Crippen LogP contribution >= 0.6 is 0 Å². The normalized spacial score (nSPS) is 27.8. The van der Waals surface area contributed by atoms with E-state index < -0.39 is 0 Å². The number of hydrogen-bond donors (Lipinski definition) is 1. The van der Waals surface area contributed by atoms with E-state index in [0.717, 1.165) is 31.7 Å². The van der Waals surface area contributed by atoms with Gasteiger partial charge in [-0.05, 0) is 49.1 Å². The molecule has 1 aromatic carbocycles. The predicted molar refractivity (Wildman–Crippen MR) is 88.6 cm³/mol. The number of likely N-dealkylation sites (tertiary alicyclic amines) is 1. The Morgan fingerprint density at radius 3 is 3.05 bits per heavy atom. The van der Waals surface area contributed by atoms with Crippen LogP contribution in [0.1, 0.15) is 38.2 Å². The number of benzene rings is 1. The molecule has 1 saturated heterocycles. The SMILES string of the molecule is C[C@@H]1CC2CC(=O)N(CCCc3c[nH]c4ccccc34)C2C1. The molecule has 1 aliphatic heterocycles. The van der Waals surface area contributed by atoms with Gasteiger partial charge in [-0.3, -0.25) is 4.79 Å². The summed E-state index contributed by atoms with van der Waals surface area (Å²) in [6, 6.07) is 8.98. The number of aryl methyl sites for hydroxylation is 1. The fourth-order valence-corrected chi connectivity index (χ4v) is 4.57. The van der Waals surface area contributed by atoms with Crippen molar-refractivity contribution in [1.82, 2.24) is 9.88 Å². The van der Waals surface area contributed by atoms with Gasteiger partial charge in [0.05, 0.1) is 0 Å². The highest BCUT2D eigenvalue weighted by Gasteiger charge is 2.44. The molecule has 1 aliphatic carbocycles. The first-order valence-electron chi connectivity index (χ1n) is 8.57. The monoisotopic (exact) mass is 296 g/mol. The van der Waals surface area contributed by atoms with Crippen LogP contribution in [-0.2, 0) is 11.2 Å². The molecule has 2 heterocycles. The average molecular weight is 296 g/mol. The second kappa shape index (κ2) is 5.45. The number of hydrogen-bond acceptors (Lipinski definition) is 1. The highest BCUT2D eigenvalue weighted by atomic mass is 16.2. The van der Waals surface area contributed by atoms with E-state index in [1.54, 1.807) is 0 Å². The first-order chi connectivity index (χ1) is 10.7. The van der Waals surface area contributed by atoms with Gasteiger partial charge in [-0.15, -0.1) is 0 Å². The summed E-state index contributed by atoms with van der Waals surface area (Å²) in [5.74, 6) is 1.82. The number of fused-ring (bicyclic) bond motifs is 2. The maximum Gasteiger partial charge on any atom is 0.223 e. The van der Waals surface area contributed by atoms with Gasteiger partial charge in [-0.25, -0.2) is 0 Å². The Kier molecular flexibility index (Phi) is 3.44. The molecular formula is C19H24N2O. The minimum atomic E-state index is 0.390. The van der Waals surface area contributed by atoms with Gasteiger partial charge >= 0.3 is 0 Å². The van der Waals surface area contributed by atoms with E-state index in [-0.39, 0.29) is 0 Å². The van der Waals surface area contributed by atoms with Gasteiger partial charge in [0.25, 0.3) is 0 Å². The summed E-state index contributed by atoms with van der Waals surface area (Å²) in [6.07, 6.45) is 7.48. The summed E-state index contributed by atoms with van der Waals surface area (Å²) >= 11 is 0. The molecule has 3 heteroatoms. The number of carbonyl (C=O) groups excluding carboxylic acids is 1. The zero-order valence-electron chi connectivity index (χ0n) is 13.2. The van der Waals surface area contributed by atoms with E-state index in [0.29, 0.717) is 17.9 Å². The molecule has 2 fully saturated rings. The molecule has 1 amide bonds. The van der Waals surface area contributed by atoms with Crippen LogP contribution in [0.25, 0.3) is 10.9 Å². The van der Waals surface area contributed by atoms with Gasteiger partial charge in [-0.1, -0.05) is 25.1 Å². The molecule has 2 unspecified atom stereocenters. The maximum absolute atomic E-state index is 12.2. The molecule has 2 aliphatic rings. The van der Waals surface area contributed by atoms with Crippen molar-refractivity contribution in [3.05, 3.63) is 36.0 Å². The Labute approximate surface area is 131 Å². The third kappa shape index (κ3) is 2.33. The lowest BCUT2D eigenvalue weighted by atomic mass is 10.0. The van der Waals surface area contributed by atoms with Crippen LogP contribution in [0.15, 0.2) is 30.5 Å². The van der Waals surface area contributed by atoms with Crippen LogP contribution in [0.3, 0.4) is 0 Å². The first-order valence-corrected chi connectivity index (χ1v) is 8.57. The Hall–Kier alpha value is -1.77. The highest BCUT2D eigenvalue weighted by molar-refractivity contribution is 5.83. The average Bonchev–Trinajstić information content (AvgIpc) is 3.14. The van der Waals surface area contributed by atoms with Crippen molar-refractivity contribution in [1.29, 1.82) is 0 Å². The molecule has 22 heavy (non-hydrogen) atoms. The van der Waals surface area contributed by atoms with Gasteiger partial charge in [0.2, 0.25) is 5.91 Å². The Morgan fingerprint density at radius 1 is 1.27 bits per heavy atom. The van der Waals surface area contributed by atoms with Crippen LogP contribution in [0.2, 0.25) is 0 Å². The minimum absolute atomic E-state index is 0.390. The quantitative estimate of drug-likeness (QED) is 0.916. The van der Waals surface area contributed by atoms with Gasteiger partial charge in [-0.2, -0.15) is 0 Å². The van der Waals surface area contributed by atoms with Crippen molar-refractivity contribution >= 4 is 16.8 Å². The second-order valence-electron chi connectivity index (χ2n) is 7.16. The summed E-state index contributed by atoms with van der Waals surface area (Å²) in [6.45, 7) is 3.25. The second-order valence-corrected chi connectivity index (χ2v) is 7.16. The lowest BCUT2D eigenvalue weighted by Crippen LogP contribution is -2.34. The lowest BCUT2D eigenvalue weighted by molar-refractivity contribution is -0.129. The van der Waals surface area contributed by atoms with Gasteiger partial charge in [0, 0.05) is 36.1 Å². The highest BCUT2D eigenvalue weighted by Crippen LogP contribution is 2.41. The molecule has 116 valence electrons. The zero-order chi connectivity index (χ0) is 15.1. The molecule has 1 N–H and O–H groups in total. The van der Waals surface area contributed by atoms with Crippen LogP contribution in [0, 0.1) is 11.8 Å². The standard InChI is InChI=1S/C19H24N2O/c1-13-9-15-11-19(22)21(18(15)10-13)8-4-5-14-12-20-17-7-3-2-6-16(14)17/h2-3,6-7,12-13,15,18,20H,4-5,8-11H2,1H3/t13-,15?,18?/m1/s1.